The summed E-state index contributed by atoms with van der Waals surface area (Å²) in [6, 6.07) is 20.7. The maximum Gasteiger partial charge on any atom is 0.322 e. The molecule has 1 heterocycles. The van der Waals surface area contributed by atoms with Crippen LogP contribution in [0.3, 0.4) is 0 Å². The molecule has 4 nitrogen and oxygen atoms in total. The molecule has 25 heavy (non-hydrogen) atoms. The van der Waals surface area contributed by atoms with Crippen LogP contribution in [0.5, 0.6) is 0 Å². The van der Waals surface area contributed by atoms with Gasteiger partial charge in [-0.3, -0.25) is 4.79 Å². The molecule has 4 unspecified atom stereocenters. The van der Waals surface area contributed by atoms with E-state index in [0.717, 1.165) is 5.56 Å². The Morgan fingerprint density at radius 1 is 1.20 bits per heavy atom. The van der Waals surface area contributed by atoms with Gasteiger partial charge in [0.15, 0.2) is 0 Å². The van der Waals surface area contributed by atoms with Crippen LogP contribution in [0.4, 0.5) is 0 Å². The first-order valence-electron chi connectivity index (χ1n) is 8.17. The van der Waals surface area contributed by atoms with Gasteiger partial charge in [0.2, 0.25) is 0 Å². The lowest BCUT2D eigenvalue weighted by Gasteiger charge is -2.31. The number of thioether (sulfide) groups is 1. The largest absolute Gasteiger partial charge is 0.465 e. The summed E-state index contributed by atoms with van der Waals surface area (Å²) >= 11 is 1.30. The number of hydrogen-bond donors (Lipinski definition) is 1. The highest BCUT2D eigenvalue weighted by Crippen LogP contribution is 2.58. The monoisotopic (exact) mass is 353 g/mol. The maximum atomic E-state index is 12.6. The fourth-order valence-corrected chi connectivity index (χ4v) is 4.99. The SMILES string of the molecule is CCOC(=O)C1SC(c2ccccc2)C(C#N)C1(O)c1ccccc1. The van der Waals surface area contributed by atoms with Crippen LogP contribution in [0.1, 0.15) is 23.3 Å². The summed E-state index contributed by atoms with van der Waals surface area (Å²) in [6.07, 6.45) is 0. The molecule has 0 aromatic heterocycles. The van der Waals surface area contributed by atoms with Gasteiger partial charge >= 0.3 is 5.97 Å². The predicted molar refractivity (Wildman–Crippen MR) is 96.6 cm³/mol. The average Bonchev–Trinajstić information content (AvgIpc) is 2.97. The summed E-state index contributed by atoms with van der Waals surface area (Å²) in [6.45, 7) is 1.96. The predicted octanol–water partition coefficient (Wildman–Crippen LogP) is 3.43. The standard InChI is InChI=1S/C20H19NO3S/c1-2-24-19(22)18-20(23,15-11-7-4-8-12-15)16(13-21)17(25-18)14-9-5-3-6-10-14/h3-12,16-18,23H,2H2,1H3. The van der Waals surface area contributed by atoms with E-state index in [2.05, 4.69) is 6.07 Å². The lowest BCUT2D eigenvalue weighted by Crippen LogP contribution is -2.44. The Balaban J connectivity index is 2.10. The van der Waals surface area contributed by atoms with Crippen molar-refractivity contribution in [3.05, 3.63) is 71.8 Å². The molecule has 0 radical (unpaired) electrons. The Morgan fingerprint density at radius 3 is 2.36 bits per heavy atom. The second kappa shape index (κ2) is 7.30. The van der Waals surface area contributed by atoms with Crippen molar-refractivity contribution in [3.8, 4) is 6.07 Å². The number of ether oxygens (including phenoxy) is 1. The van der Waals surface area contributed by atoms with E-state index in [-0.39, 0.29) is 11.9 Å². The highest BCUT2D eigenvalue weighted by atomic mass is 32.2. The van der Waals surface area contributed by atoms with E-state index in [0.29, 0.717) is 5.56 Å². The third-order valence-electron chi connectivity index (χ3n) is 4.46. The molecular formula is C20H19NO3S. The van der Waals surface area contributed by atoms with Gasteiger partial charge in [-0.25, -0.2) is 0 Å². The van der Waals surface area contributed by atoms with Gasteiger partial charge in [-0.1, -0.05) is 60.7 Å². The van der Waals surface area contributed by atoms with Crippen LogP contribution < -0.4 is 0 Å². The van der Waals surface area contributed by atoms with Gasteiger partial charge in [0.05, 0.1) is 18.6 Å². The van der Waals surface area contributed by atoms with Crippen LogP contribution in [-0.4, -0.2) is 22.9 Å². The van der Waals surface area contributed by atoms with Crippen LogP contribution in [-0.2, 0) is 15.1 Å². The molecule has 0 aliphatic carbocycles. The summed E-state index contributed by atoms with van der Waals surface area (Å²) in [5.74, 6) is -1.26. The van der Waals surface area contributed by atoms with Gasteiger partial charge in [-0.15, -0.1) is 11.8 Å². The minimum Gasteiger partial charge on any atom is -0.465 e. The van der Waals surface area contributed by atoms with E-state index in [9.17, 15) is 15.2 Å². The molecule has 2 aromatic rings. The Hall–Kier alpha value is -2.29. The van der Waals surface area contributed by atoms with Crippen molar-refractivity contribution in [2.75, 3.05) is 6.61 Å². The topological polar surface area (TPSA) is 70.3 Å². The first kappa shape index (κ1) is 17.5. The van der Waals surface area contributed by atoms with E-state index in [1.54, 1.807) is 31.2 Å². The van der Waals surface area contributed by atoms with E-state index in [1.165, 1.54) is 11.8 Å². The van der Waals surface area contributed by atoms with E-state index >= 15 is 0 Å². The molecule has 0 bridgehead atoms. The molecular weight excluding hydrogens is 334 g/mol. The zero-order valence-corrected chi connectivity index (χ0v) is 14.6. The Bertz CT molecular complexity index is 775. The number of carbonyl (C=O) groups is 1. The number of aliphatic hydroxyl groups is 1. The van der Waals surface area contributed by atoms with Gasteiger partial charge in [0, 0.05) is 5.25 Å². The van der Waals surface area contributed by atoms with Gasteiger partial charge in [-0.2, -0.15) is 5.26 Å². The molecule has 2 aromatic carbocycles. The normalized spacial score (nSPS) is 28.3. The molecule has 0 spiro atoms. The van der Waals surface area contributed by atoms with Crippen molar-refractivity contribution in [1.29, 1.82) is 5.26 Å². The first-order chi connectivity index (χ1) is 12.1. The lowest BCUT2D eigenvalue weighted by atomic mass is 9.76. The minimum atomic E-state index is -1.60. The fourth-order valence-electron chi connectivity index (χ4n) is 3.29. The maximum absolute atomic E-state index is 12.6. The third kappa shape index (κ3) is 3.04. The van der Waals surface area contributed by atoms with E-state index in [4.69, 9.17) is 4.74 Å². The molecule has 1 aliphatic rings. The van der Waals surface area contributed by atoms with E-state index in [1.807, 2.05) is 36.4 Å². The molecule has 3 rings (SSSR count). The number of nitrogens with zero attached hydrogens (tertiary/aromatic N) is 1. The minimum absolute atomic E-state index is 0.230. The highest BCUT2D eigenvalue weighted by molar-refractivity contribution is 8.01. The number of hydrogen-bond acceptors (Lipinski definition) is 5. The van der Waals surface area contributed by atoms with Gasteiger partial charge in [0.1, 0.15) is 10.9 Å². The third-order valence-corrected chi connectivity index (χ3v) is 6.12. The van der Waals surface area contributed by atoms with Crippen molar-refractivity contribution in [3.63, 3.8) is 0 Å². The zero-order chi connectivity index (χ0) is 17.9. The molecule has 1 aliphatic heterocycles. The van der Waals surface area contributed by atoms with Crippen molar-refractivity contribution in [2.24, 2.45) is 5.92 Å². The van der Waals surface area contributed by atoms with Gasteiger partial charge in [0.25, 0.3) is 0 Å². The number of benzene rings is 2. The molecule has 0 amide bonds. The quantitative estimate of drug-likeness (QED) is 0.853. The highest BCUT2D eigenvalue weighted by Gasteiger charge is 2.60. The molecule has 1 N–H and O–H groups in total. The summed E-state index contributed by atoms with van der Waals surface area (Å²) in [7, 11) is 0. The molecule has 1 saturated heterocycles. The van der Waals surface area contributed by atoms with E-state index < -0.39 is 22.7 Å². The van der Waals surface area contributed by atoms with Crippen molar-refractivity contribution in [2.45, 2.75) is 23.0 Å². The Kier molecular flexibility index (Phi) is 5.12. The van der Waals surface area contributed by atoms with Crippen molar-refractivity contribution in [1.82, 2.24) is 0 Å². The summed E-state index contributed by atoms with van der Waals surface area (Å²) < 4.78 is 5.19. The number of carbonyl (C=O) groups excluding carboxylic acids is 1. The number of nitriles is 1. The number of rotatable bonds is 4. The van der Waals surface area contributed by atoms with Crippen LogP contribution >= 0.6 is 11.8 Å². The lowest BCUT2D eigenvalue weighted by molar-refractivity contribution is -0.148. The molecule has 4 atom stereocenters. The molecule has 0 saturated carbocycles. The van der Waals surface area contributed by atoms with Gasteiger partial charge in [-0.05, 0) is 18.1 Å². The Labute approximate surface area is 151 Å². The second-order valence-electron chi connectivity index (χ2n) is 5.90. The van der Waals surface area contributed by atoms with Crippen LogP contribution in [0.2, 0.25) is 0 Å². The fraction of sp³-hybridized carbons (Fsp3) is 0.300. The zero-order valence-electron chi connectivity index (χ0n) is 13.8. The van der Waals surface area contributed by atoms with Crippen molar-refractivity contribution < 1.29 is 14.6 Å². The summed E-state index contributed by atoms with van der Waals surface area (Å²) in [5.41, 5.74) is -0.126. The smallest absolute Gasteiger partial charge is 0.322 e. The molecule has 5 heteroatoms. The number of esters is 1. The van der Waals surface area contributed by atoms with Crippen molar-refractivity contribution >= 4 is 17.7 Å². The van der Waals surface area contributed by atoms with Crippen LogP contribution in [0, 0.1) is 17.2 Å². The van der Waals surface area contributed by atoms with Crippen LogP contribution in [0.15, 0.2) is 60.7 Å². The van der Waals surface area contributed by atoms with Gasteiger partial charge < -0.3 is 9.84 Å². The molecule has 128 valence electrons. The second-order valence-corrected chi connectivity index (χ2v) is 7.15. The first-order valence-corrected chi connectivity index (χ1v) is 9.11. The van der Waals surface area contributed by atoms with Crippen LogP contribution in [0.25, 0.3) is 0 Å². The average molecular weight is 353 g/mol. The summed E-state index contributed by atoms with van der Waals surface area (Å²) in [5, 5.41) is 20.2. The summed E-state index contributed by atoms with van der Waals surface area (Å²) in [4.78, 5) is 12.6. The molecule has 1 fully saturated rings. The Morgan fingerprint density at radius 2 is 1.80 bits per heavy atom.